The number of hydrogen-bond acceptors (Lipinski definition) is 6. The first-order valence-electron chi connectivity index (χ1n) is 12.4. The van der Waals surface area contributed by atoms with Gasteiger partial charge >= 0.3 is 0 Å². The van der Waals surface area contributed by atoms with Gasteiger partial charge in [0.05, 0.1) is 7.11 Å². The molecule has 1 saturated heterocycles. The van der Waals surface area contributed by atoms with E-state index in [4.69, 9.17) is 24.7 Å². The third-order valence-corrected chi connectivity index (χ3v) is 6.23. The molecule has 0 aromatic heterocycles. The second kappa shape index (κ2) is 12.4. The highest BCUT2D eigenvalue weighted by Gasteiger charge is 2.20. The van der Waals surface area contributed by atoms with Crippen LogP contribution in [-0.2, 0) is 6.61 Å². The summed E-state index contributed by atoms with van der Waals surface area (Å²) in [6.45, 7) is 6.19. The van der Waals surface area contributed by atoms with Crippen molar-refractivity contribution in [3.05, 3.63) is 72.3 Å². The van der Waals surface area contributed by atoms with Crippen molar-refractivity contribution in [2.75, 3.05) is 32.5 Å². The van der Waals surface area contributed by atoms with E-state index >= 15 is 0 Å². The van der Waals surface area contributed by atoms with Crippen molar-refractivity contribution < 1.29 is 18.9 Å². The molecule has 35 heavy (non-hydrogen) atoms. The smallest absolute Gasteiger partial charge is 0.169 e. The molecular formula is C29H36N2O4. The minimum atomic E-state index is 0.300. The summed E-state index contributed by atoms with van der Waals surface area (Å²) in [5.41, 5.74) is 7.49. The van der Waals surface area contributed by atoms with Crippen LogP contribution in [0.3, 0.4) is 0 Å². The van der Waals surface area contributed by atoms with E-state index in [1.807, 2.05) is 48.5 Å². The van der Waals surface area contributed by atoms with E-state index in [1.165, 1.54) is 19.4 Å². The molecule has 1 aliphatic heterocycles. The first-order valence-corrected chi connectivity index (χ1v) is 12.4. The quantitative estimate of drug-likeness (QED) is 0.328. The largest absolute Gasteiger partial charge is 0.493 e. The molecule has 6 nitrogen and oxygen atoms in total. The van der Waals surface area contributed by atoms with Crippen molar-refractivity contribution in [1.82, 2.24) is 4.90 Å². The van der Waals surface area contributed by atoms with E-state index in [0.717, 1.165) is 48.7 Å². The van der Waals surface area contributed by atoms with Gasteiger partial charge in [0.1, 0.15) is 30.0 Å². The number of ether oxygens (including phenoxy) is 4. The van der Waals surface area contributed by atoms with E-state index in [9.17, 15) is 0 Å². The van der Waals surface area contributed by atoms with Gasteiger partial charge in [-0.15, -0.1) is 0 Å². The molecule has 2 N–H and O–H groups in total. The highest BCUT2D eigenvalue weighted by molar-refractivity contribution is 5.53. The van der Waals surface area contributed by atoms with Crippen LogP contribution in [0.25, 0.3) is 0 Å². The van der Waals surface area contributed by atoms with Crippen LogP contribution >= 0.6 is 0 Å². The maximum absolute atomic E-state index is 6.20. The molecule has 4 rings (SSSR count). The molecule has 1 aliphatic rings. The average molecular weight is 477 g/mol. The highest BCUT2D eigenvalue weighted by Crippen LogP contribution is 2.33. The molecule has 6 heteroatoms. The fraction of sp³-hybridized carbons (Fsp3) is 0.379. The van der Waals surface area contributed by atoms with Crippen molar-refractivity contribution in [2.24, 2.45) is 0 Å². The number of unbranched alkanes of at least 4 members (excludes halogenated alkanes) is 1. The highest BCUT2D eigenvalue weighted by atomic mass is 16.5. The summed E-state index contributed by atoms with van der Waals surface area (Å²) in [6.07, 6.45) is 5.02. The second-order valence-corrected chi connectivity index (χ2v) is 8.93. The molecule has 3 aromatic carbocycles. The van der Waals surface area contributed by atoms with E-state index in [-0.39, 0.29) is 0 Å². The predicted octanol–water partition coefficient (Wildman–Crippen LogP) is 6.29. The van der Waals surface area contributed by atoms with Crippen LogP contribution in [-0.4, -0.2) is 37.7 Å². The number of piperidine rings is 1. The topological polar surface area (TPSA) is 66.2 Å². The van der Waals surface area contributed by atoms with Gasteiger partial charge in [-0.05, 0) is 79.9 Å². The number of rotatable bonds is 11. The molecule has 0 saturated carbocycles. The van der Waals surface area contributed by atoms with Crippen molar-refractivity contribution in [3.63, 3.8) is 0 Å². The third-order valence-electron chi connectivity index (χ3n) is 6.23. The molecule has 0 radical (unpaired) electrons. The Labute approximate surface area is 208 Å². The molecular weight excluding hydrogens is 440 g/mol. The van der Waals surface area contributed by atoms with Crippen LogP contribution in [0.5, 0.6) is 28.7 Å². The van der Waals surface area contributed by atoms with E-state index in [2.05, 4.69) is 11.8 Å². The van der Waals surface area contributed by atoms with Crippen molar-refractivity contribution in [3.8, 4) is 28.7 Å². The summed E-state index contributed by atoms with van der Waals surface area (Å²) in [5.74, 6) is 3.66. The summed E-state index contributed by atoms with van der Waals surface area (Å²) < 4.78 is 23.4. The Morgan fingerprint density at radius 1 is 0.857 bits per heavy atom. The summed E-state index contributed by atoms with van der Waals surface area (Å²) in [4.78, 5) is 2.55. The van der Waals surface area contributed by atoms with Crippen molar-refractivity contribution in [2.45, 2.75) is 45.3 Å². The molecule has 0 aliphatic carbocycles. The zero-order chi connectivity index (χ0) is 24.5. The molecule has 0 spiro atoms. The Morgan fingerprint density at radius 2 is 1.54 bits per heavy atom. The number of hydrogen-bond donors (Lipinski definition) is 1. The van der Waals surface area contributed by atoms with Gasteiger partial charge in [-0.3, -0.25) is 0 Å². The first-order chi connectivity index (χ1) is 17.1. The summed E-state index contributed by atoms with van der Waals surface area (Å²) in [7, 11) is 1.60. The van der Waals surface area contributed by atoms with E-state index in [0.29, 0.717) is 29.9 Å². The van der Waals surface area contributed by atoms with E-state index < -0.39 is 0 Å². The van der Waals surface area contributed by atoms with Gasteiger partial charge in [-0.2, -0.15) is 0 Å². The van der Waals surface area contributed by atoms with Crippen LogP contribution in [0.4, 0.5) is 5.69 Å². The Kier molecular flexibility index (Phi) is 8.74. The van der Waals surface area contributed by atoms with Gasteiger partial charge in [-0.25, -0.2) is 0 Å². The monoisotopic (exact) mass is 476 g/mol. The number of benzene rings is 3. The van der Waals surface area contributed by atoms with Crippen LogP contribution in [0, 0.1) is 0 Å². The fourth-order valence-corrected chi connectivity index (χ4v) is 4.16. The molecule has 0 unspecified atom stereocenters. The maximum Gasteiger partial charge on any atom is 0.169 e. The minimum Gasteiger partial charge on any atom is -0.493 e. The zero-order valence-electron chi connectivity index (χ0n) is 20.7. The van der Waals surface area contributed by atoms with Gasteiger partial charge in [0, 0.05) is 24.8 Å². The summed E-state index contributed by atoms with van der Waals surface area (Å²) >= 11 is 0. The first kappa shape index (κ1) is 24.7. The number of likely N-dealkylation sites (tertiary alicyclic amines) is 1. The lowest BCUT2D eigenvalue weighted by molar-refractivity contribution is 0.0997. The number of nitrogens with two attached hydrogens (primary N) is 1. The molecule has 0 atom stereocenters. The lowest BCUT2D eigenvalue weighted by Crippen LogP contribution is -2.38. The summed E-state index contributed by atoms with van der Waals surface area (Å²) in [6, 6.07) is 21.1. The molecule has 1 heterocycles. The number of nitrogen functional groups attached to an aromatic ring is 1. The van der Waals surface area contributed by atoms with Gasteiger partial charge in [0.25, 0.3) is 0 Å². The van der Waals surface area contributed by atoms with Crippen LogP contribution in [0.2, 0.25) is 0 Å². The number of methoxy groups -OCH3 is 1. The van der Waals surface area contributed by atoms with Gasteiger partial charge in [-0.1, -0.05) is 25.5 Å². The lowest BCUT2D eigenvalue weighted by Gasteiger charge is -2.32. The Morgan fingerprint density at radius 3 is 2.23 bits per heavy atom. The van der Waals surface area contributed by atoms with E-state index in [1.54, 1.807) is 25.3 Å². The normalized spacial score (nSPS) is 14.5. The molecule has 0 bridgehead atoms. The average Bonchev–Trinajstić information content (AvgIpc) is 2.89. The van der Waals surface area contributed by atoms with Crippen LogP contribution in [0.15, 0.2) is 66.7 Å². The standard InChI is InChI=1S/C29H36N2O4/c1-3-4-17-31-18-15-27(16-19-31)34-25-12-10-24(11-13-25)33-21-22-5-8-26(9-6-22)35-28-14-7-23(30)20-29(28)32-2/h5-14,20,27H,3-4,15-19,21,30H2,1-2H3. The predicted molar refractivity (Wildman–Crippen MR) is 140 cm³/mol. The molecule has 1 fully saturated rings. The van der Waals surface area contributed by atoms with Gasteiger partial charge in [0.15, 0.2) is 11.5 Å². The number of nitrogens with zero attached hydrogens (tertiary/aromatic N) is 1. The van der Waals surface area contributed by atoms with Crippen molar-refractivity contribution >= 4 is 5.69 Å². The minimum absolute atomic E-state index is 0.300. The molecule has 3 aromatic rings. The summed E-state index contributed by atoms with van der Waals surface area (Å²) in [5, 5.41) is 0. The van der Waals surface area contributed by atoms with Gasteiger partial charge < -0.3 is 29.6 Å². The second-order valence-electron chi connectivity index (χ2n) is 8.93. The maximum atomic E-state index is 6.20. The van der Waals surface area contributed by atoms with Crippen LogP contribution in [0.1, 0.15) is 38.2 Å². The lowest BCUT2D eigenvalue weighted by atomic mass is 10.1. The van der Waals surface area contributed by atoms with Gasteiger partial charge in [0.2, 0.25) is 0 Å². The molecule has 0 amide bonds. The fourth-order valence-electron chi connectivity index (χ4n) is 4.16. The van der Waals surface area contributed by atoms with Crippen molar-refractivity contribution in [1.29, 1.82) is 0 Å². The number of anilines is 1. The Balaban J connectivity index is 1.23. The zero-order valence-corrected chi connectivity index (χ0v) is 20.7. The Hall–Kier alpha value is -3.38. The SMILES string of the molecule is CCCCN1CCC(Oc2ccc(OCc3ccc(Oc4ccc(N)cc4OC)cc3)cc2)CC1. The molecule has 186 valence electrons. The third kappa shape index (κ3) is 7.30. The Bertz CT molecular complexity index is 1050. The van der Waals surface area contributed by atoms with Crippen LogP contribution < -0.4 is 24.7 Å².